The third-order valence-electron chi connectivity index (χ3n) is 5.84. The number of amides is 1. The molecule has 186 valence electrons. The fourth-order valence-corrected chi connectivity index (χ4v) is 5.27. The molecule has 0 saturated carbocycles. The Labute approximate surface area is 206 Å². The maximum absolute atomic E-state index is 13.5. The van der Waals surface area contributed by atoms with E-state index in [1.54, 1.807) is 6.07 Å². The van der Waals surface area contributed by atoms with E-state index in [0.717, 1.165) is 38.8 Å². The summed E-state index contributed by atoms with van der Waals surface area (Å²) in [5, 5.41) is 3.68. The van der Waals surface area contributed by atoms with Crippen molar-refractivity contribution in [1.29, 1.82) is 0 Å². The van der Waals surface area contributed by atoms with Crippen LogP contribution in [-0.2, 0) is 10.0 Å². The molecular weight excluding hydrogens is 478 g/mol. The Hall–Kier alpha value is -2.49. The predicted molar refractivity (Wildman–Crippen MR) is 134 cm³/mol. The summed E-state index contributed by atoms with van der Waals surface area (Å²) < 4.78 is 38.9. The fraction of sp³-hybridized carbons (Fsp3) is 0.458. The van der Waals surface area contributed by atoms with Crippen LogP contribution in [0.3, 0.4) is 0 Å². The van der Waals surface area contributed by atoms with Crippen LogP contribution in [0.15, 0.2) is 41.3 Å². The summed E-state index contributed by atoms with van der Waals surface area (Å²) in [5.74, 6) is 0.526. The van der Waals surface area contributed by atoms with Crippen molar-refractivity contribution in [3.8, 4) is 11.5 Å². The highest BCUT2D eigenvalue weighted by Gasteiger charge is 2.28. The van der Waals surface area contributed by atoms with Crippen molar-refractivity contribution in [2.75, 3.05) is 38.6 Å². The second-order valence-electron chi connectivity index (χ2n) is 8.17. The lowest BCUT2D eigenvalue weighted by Crippen LogP contribution is -2.43. The van der Waals surface area contributed by atoms with Gasteiger partial charge in [-0.05, 0) is 49.7 Å². The fourth-order valence-electron chi connectivity index (χ4n) is 4.01. The first-order valence-electron chi connectivity index (χ1n) is 11.4. The average molecular weight is 510 g/mol. The largest absolute Gasteiger partial charge is 0.493 e. The van der Waals surface area contributed by atoms with Gasteiger partial charge in [0.25, 0.3) is 15.9 Å². The lowest BCUT2D eigenvalue weighted by molar-refractivity contribution is 0.0682. The molecule has 2 aromatic rings. The third-order valence-corrected chi connectivity index (χ3v) is 7.55. The Morgan fingerprint density at radius 2 is 1.94 bits per heavy atom. The number of methoxy groups -OCH3 is 2. The van der Waals surface area contributed by atoms with Crippen molar-refractivity contribution in [3.05, 3.63) is 47.0 Å². The van der Waals surface area contributed by atoms with E-state index in [1.807, 2.05) is 4.90 Å². The molecule has 1 amide bonds. The lowest BCUT2D eigenvalue weighted by Gasteiger charge is -2.30. The van der Waals surface area contributed by atoms with Crippen molar-refractivity contribution in [1.82, 2.24) is 10.2 Å². The number of benzene rings is 2. The maximum Gasteiger partial charge on any atom is 0.262 e. The van der Waals surface area contributed by atoms with Crippen molar-refractivity contribution in [2.45, 2.75) is 43.5 Å². The number of sulfonamides is 1. The average Bonchev–Trinajstić information content (AvgIpc) is 3.08. The summed E-state index contributed by atoms with van der Waals surface area (Å²) in [5.41, 5.74) is 0.526. The number of nitrogens with one attached hydrogen (secondary N) is 2. The van der Waals surface area contributed by atoms with Crippen LogP contribution in [0.5, 0.6) is 11.5 Å². The van der Waals surface area contributed by atoms with E-state index in [0.29, 0.717) is 18.0 Å². The Balaban J connectivity index is 1.87. The van der Waals surface area contributed by atoms with E-state index in [9.17, 15) is 13.2 Å². The summed E-state index contributed by atoms with van der Waals surface area (Å²) >= 11 is 6.39. The van der Waals surface area contributed by atoms with Gasteiger partial charge in [0.15, 0.2) is 11.5 Å². The number of hydrogen-bond acceptors (Lipinski definition) is 6. The molecule has 8 nitrogen and oxygen atoms in total. The second-order valence-corrected chi connectivity index (χ2v) is 10.3. The summed E-state index contributed by atoms with van der Waals surface area (Å²) in [6, 6.07) is 8.97. The molecule has 34 heavy (non-hydrogen) atoms. The van der Waals surface area contributed by atoms with Gasteiger partial charge in [0, 0.05) is 30.9 Å². The molecule has 3 rings (SSSR count). The lowest BCUT2D eigenvalue weighted by atomic mass is 10.1. The van der Waals surface area contributed by atoms with Crippen molar-refractivity contribution < 1.29 is 22.7 Å². The molecule has 1 unspecified atom stereocenters. The molecule has 10 heteroatoms. The van der Waals surface area contributed by atoms with Crippen molar-refractivity contribution in [3.63, 3.8) is 0 Å². The zero-order chi connectivity index (χ0) is 24.7. The monoisotopic (exact) mass is 509 g/mol. The minimum Gasteiger partial charge on any atom is -0.493 e. The van der Waals surface area contributed by atoms with Gasteiger partial charge in [-0.1, -0.05) is 31.4 Å². The molecule has 0 bridgehead atoms. The molecule has 1 aliphatic heterocycles. The molecular formula is C24H32ClN3O5S. The number of anilines is 1. The Morgan fingerprint density at radius 1 is 1.18 bits per heavy atom. The smallest absolute Gasteiger partial charge is 0.262 e. The van der Waals surface area contributed by atoms with Crippen LogP contribution in [0.1, 0.15) is 43.0 Å². The summed E-state index contributed by atoms with van der Waals surface area (Å²) in [6.07, 6.45) is 3.82. The van der Waals surface area contributed by atoms with Crippen molar-refractivity contribution >= 4 is 33.2 Å². The number of hydrogen-bond donors (Lipinski definition) is 2. The van der Waals surface area contributed by atoms with Crippen LogP contribution >= 0.6 is 11.6 Å². The Morgan fingerprint density at radius 3 is 2.65 bits per heavy atom. The molecule has 1 fully saturated rings. The molecule has 0 spiro atoms. The van der Waals surface area contributed by atoms with Gasteiger partial charge in [0.1, 0.15) is 0 Å². The van der Waals surface area contributed by atoms with E-state index in [2.05, 4.69) is 17.0 Å². The number of rotatable bonds is 9. The van der Waals surface area contributed by atoms with Gasteiger partial charge in [-0.25, -0.2) is 8.42 Å². The summed E-state index contributed by atoms with van der Waals surface area (Å²) in [7, 11) is -1.03. The number of carbonyl (C=O) groups excluding carboxylic acids is 1. The molecule has 0 radical (unpaired) electrons. The Kier molecular flexibility index (Phi) is 9.04. The third kappa shape index (κ3) is 6.14. The standard InChI is InChI=1S/C24H32ClN3O5S/c1-4-5-7-18-16-26-12-6-13-28(18)24(29)20-14-17(8-10-21(20)25)27-34(30,31)19-9-11-22(32-2)23(15-19)33-3/h8-11,14-15,18,26-27H,4-7,12-13,16H2,1-3H3. The van der Waals surface area contributed by atoms with E-state index in [4.69, 9.17) is 21.1 Å². The number of unbranched alkanes of at least 4 members (excludes halogenated alkanes) is 1. The molecule has 1 aliphatic rings. The van der Waals surface area contributed by atoms with Crippen LogP contribution in [0, 0.1) is 0 Å². The highest BCUT2D eigenvalue weighted by atomic mass is 35.5. The first-order chi connectivity index (χ1) is 16.3. The van der Waals surface area contributed by atoms with Gasteiger partial charge in [-0.3, -0.25) is 9.52 Å². The molecule has 0 aromatic heterocycles. The van der Waals surface area contributed by atoms with Gasteiger partial charge >= 0.3 is 0 Å². The number of halogens is 1. The summed E-state index contributed by atoms with van der Waals surface area (Å²) in [4.78, 5) is 15.4. The van der Waals surface area contributed by atoms with Gasteiger partial charge < -0.3 is 19.7 Å². The SMILES string of the molecule is CCCCC1CNCCCN1C(=O)c1cc(NS(=O)(=O)c2ccc(OC)c(OC)c2)ccc1Cl. The van der Waals surface area contributed by atoms with E-state index >= 15 is 0 Å². The van der Waals surface area contributed by atoms with Crippen LogP contribution in [0.2, 0.25) is 5.02 Å². The van der Waals surface area contributed by atoms with Crippen molar-refractivity contribution in [2.24, 2.45) is 0 Å². The van der Waals surface area contributed by atoms with Crippen LogP contribution in [0.4, 0.5) is 5.69 Å². The maximum atomic E-state index is 13.5. The van der Waals surface area contributed by atoms with Crippen LogP contribution < -0.4 is 19.5 Å². The summed E-state index contributed by atoms with van der Waals surface area (Å²) in [6.45, 7) is 4.33. The molecule has 1 heterocycles. The van der Waals surface area contributed by atoms with E-state index < -0.39 is 10.0 Å². The second kappa shape index (κ2) is 11.8. The minimum atomic E-state index is -3.94. The number of nitrogens with zero attached hydrogens (tertiary/aromatic N) is 1. The van der Waals surface area contributed by atoms with Gasteiger partial charge in [0.2, 0.25) is 0 Å². The zero-order valence-corrected chi connectivity index (χ0v) is 21.3. The molecule has 1 atom stereocenters. The quantitative estimate of drug-likeness (QED) is 0.527. The van der Waals surface area contributed by atoms with Gasteiger partial charge in [-0.15, -0.1) is 0 Å². The number of ether oxygens (including phenoxy) is 2. The first kappa shape index (κ1) is 26.1. The molecule has 2 N–H and O–H groups in total. The minimum absolute atomic E-state index is 0.00574. The van der Waals surface area contributed by atoms with Crippen LogP contribution in [0.25, 0.3) is 0 Å². The Bertz CT molecular complexity index is 1110. The highest BCUT2D eigenvalue weighted by molar-refractivity contribution is 7.92. The van der Waals surface area contributed by atoms with Gasteiger partial charge in [0.05, 0.1) is 29.7 Å². The molecule has 0 aliphatic carbocycles. The predicted octanol–water partition coefficient (Wildman–Crippen LogP) is 4.15. The molecule has 1 saturated heterocycles. The van der Waals surface area contributed by atoms with E-state index in [1.165, 1.54) is 44.6 Å². The number of carbonyl (C=O) groups is 1. The molecule has 2 aromatic carbocycles. The first-order valence-corrected chi connectivity index (χ1v) is 13.2. The highest BCUT2D eigenvalue weighted by Crippen LogP contribution is 2.31. The normalized spacial score (nSPS) is 16.6. The van der Waals surface area contributed by atoms with E-state index in [-0.39, 0.29) is 33.1 Å². The zero-order valence-electron chi connectivity index (χ0n) is 19.8. The topological polar surface area (TPSA) is 97.0 Å². The van der Waals surface area contributed by atoms with Gasteiger partial charge in [-0.2, -0.15) is 0 Å². The van der Waals surface area contributed by atoms with Crippen LogP contribution in [-0.4, -0.2) is 59.1 Å².